The van der Waals surface area contributed by atoms with Crippen molar-refractivity contribution in [2.45, 2.75) is 33.1 Å². The third-order valence-corrected chi connectivity index (χ3v) is 3.29. The van der Waals surface area contributed by atoms with Gasteiger partial charge in [0.1, 0.15) is 0 Å². The molecule has 1 aromatic carbocycles. The van der Waals surface area contributed by atoms with Gasteiger partial charge < -0.3 is 0 Å². The SMILES string of the molecule is CC(C)C1c2ccccc2CC1C. The summed E-state index contributed by atoms with van der Waals surface area (Å²) in [5, 5.41) is 0. The van der Waals surface area contributed by atoms with Gasteiger partial charge in [-0.2, -0.15) is 0 Å². The van der Waals surface area contributed by atoms with Crippen LogP contribution in [0.4, 0.5) is 0 Å². The molecule has 0 radical (unpaired) electrons. The fraction of sp³-hybridized carbons (Fsp3) is 0.538. The van der Waals surface area contributed by atoms with Crippen molar-refractivity contribution in [3.63, 3.8) is 0 Å². The molecule has 0 aliphatic heterocycles. The smallest absolute Gasteiger partial charge is 0.0107 e. The van der Waals surface area contributed by atoms with Crippen LogP contribution >= 0.6 is 0 Å². The van der Waals surface area contributed by atoms with Crippen LogP contribution in [0.1, 0.15) is 37.8 Å². The van der Waals surface area contributed by atoms with Gasteiger partial charge in [0.05, 0.1) is 0 Å². The number of benzene rings is 1. The van der Waals surface area contributed by atoms with E-state index in [1.54, 1.807) is 11.1 Å². The van der Waals surface area contributed by atoms with Crippen LogP contribution in [0.15, 0.2) is 24.3 Å². The lowest BCUT2D eigenvalue weighted by Crippen LogP contribution is -2.10. The van der Waals surface area contributed by atoms with Gasteiger partial charge in [0.15, 0.2) is 0 Å². The molecule has 1 aromatic rings. The van der Waals surface area contributed by atoms with E-state index in [0.29, 0.717) is 0 Å². The molecule has 0 heteroatoms. The van der Waals surface area contributed by atoms with E-state index in [1.165, 1.54) is 6.42 Å². The summed E-state index contributed by atoms with van der Waals surface area (Å²) in [6.07, 6.45) is 1.28. The fourth-order valence-corrected chi connectivity index (χ4v) is 2.84. The van der Waals surface area contributed by atoms with E-state index in [4.69, 9.17) is 0 Å². The third-order valence-electron chi connectivity index (χ3n) is 3.29. The average molecular weight is 174 g/mol. The van der Waals surface area contributed by atoms with Crippen LogP contribution in [0, 0.1) is 11.8 Å². The van der Waals surface area contributed by atoms with E-state index in [2.05, 4.69) is 45.0 Å². The largest absolute Gasteiger partial charge is 0.0622 e. The zero-order valence-corrected chi connectivity index (χ0v) is 8.75. The van der Waals surface area contributed by atoms with Gasteiger partial charge in [-0.3, -0.25) is 0 Å². The van der Waals surface area contributed by atoms with Crippen LogP contribution in [0.5, 0.6) is 0 Å². The molecule has 70 valence electrons. The van der Waals surface area contributed by atoms with Gasteiger partial charge >= 0.3 is 0 Å². The van der Waals surface area contributed by atoms with E-state index in [0.717, 1.165) is 17.8 Å². The maximum Gasteiger partial charge on any atom is -0.0107 e. The lowest BCUT2D eigenvalue weighted by atomic mass is 9.84. The van der Waals surface area contributed by atoms with Crippen molar-refractivity contribution in [1.29, 1.82) is 0 Å². The number of hydrogen-bond acceptors (Lipinski definition) is 0. The Bertz CT molecular complexity index is 299. The maximum absolute atomic E-state index is 2.38. The molecule has 2 unspecified atom stereocenters. The second-order valence-electron chi connectivity index (χ2n) is 4.65. The molecule has 1 aliphatic rings. The third kappa shape index (κ3) is 1.39. The van der Waals surface area contributed by atoms with E-state index < -0.39 is 0 Å². The molecule has 1 aliphatic carbocycles. The van der Waals surface area contributed by atoms with E-state index in [-0.39, 0.29) is 0 Å². The first-order valence-electron chi connectivity index (χ1n) is 5.28. The van der Waals surface area contributed by atoms with Crippen molar-refractivity contribution in [3.8, 4) is 0 Å². The Morgan fingerprint density at radius 2 is 1.92 bits per heavy atom. The standard InChI is InChI=1S/C13H18/c1-9(2)13-10(3)8-11-6-4-5-7-12(11)13/h4-7,9-10,13H,8H2,1-3H3. The second-order valence-corrected chi connectivity index (χ2v) is 4.65. The molecular formula is C13H18. The minimum Gasteiger partial charge on any atom is -0.0622 e. The summed E-state index contributed by atoms with van der Waals surface area (Å²) < 4.78 is 0. The molecule has 0 bridgehead atoms. The summed E-state index contributed by atoms with van der Waals surface area (Å²) in [5.41, 5.74) is 3.18. The van der Waals surface area contributed by atoms with Crippen LogP contribution in [0.3, 0.4) is 0 Å². The first-order valence-corrected chi connectivity index (χ1v) is 5.28. The minimum atomic E-state index is 0.777. The molecule has 0 amide bonds. The van der Waals surface area contributed by atoms with Crippen LogP contribution < -0.4 is 0 Å². The van der Waals surface area contributed by atoms with E-state index in [9.17, 15) is 0 Å². The summed E-state index contributed by atoms with van der Waals surface area (Å²) in [7, 11) is 0. The Labute approximate surface area is 81.0 Å². The van der Waals surface area contributed by atoms with Crippen LogP contribution in [0.25, 0.3) is 0 Å². The van der Waals surface area contributed by atoms with E-state index in [1.807, 2.05) is 0 Å². The molecule has 0 saturated heterocycles. The number of rotatable bonds is 1. The second kappa shape index (κ2) is 3.17. The molecule has 0 N–H and O–H groups in total. The van der Waals surface area contributed by atoms with Gasteiger partial charge in [-0.25, -0.2) is 0 Å². The molecule has 13 heavy (non-hydrogen) atoms. The topological polar surface area (TPSA) is 0 Å². The van der Waals surface area contributed by atoms with Crippen molar-refractivity contribution in [3.05, 3.63) is 35.4 Å². The Kier molecular flexibility index (Phi) is 2.15. The number of hydrogen-bond donors (Lipinski definition) is 0. The molecule has 0 spiro atoms. The van der Waals surface area contributed by atoms with Gasteiger partial charge in [-0.05, 0) is 35.3 Å². The Morgan fingerprint density at radius 3 is 2.62 bits per heavy atom. The van der Waals surface area contributed by atoms with Crippen LogP contribution in [-0.2, 0) is 6.42 Å². The molecule has 0 aromatic heterocycles. The van der Waals surface area contributed by atoms with Crippen molar-refractivity contribution in [2.24, 2.45) is 11.8 Å². The summed E-state index contributed by atoms with van der Waals surface area (Å²) in [6, 6.07) is 8.93. The summed E-state index contributed by atoms with van der Waals surface area (Å²) in [6.45, 7) is 7.05. The Morgan fingerprint density at radius 1 is 1.23 bits per heavy atom. The van der Waals surface area contributed by atoms with Gasteiger partial charge in [0.2, 0.25) is 0 Å². The molecule has 0 heterocycles. The van der Waals surface area contributed by atoms with Gasteiger partial charge in [-0.15, -0.1) is 0 Å². The zero-order valence-electron chi connectivity index (χ0n) is 8.75. The molecule has 0 nitrogen and oxygen atoms in total. The lowest BCUT2D eigenvalue weighted by Gasteiger charge is -2.20. The van der Waals surface area contributed by atoms with E-state index >= 15 is 0 Å². The number of fused-ring (bicyclic) bond motifs is 1. The highest BCUT2D eigenvalue weighted by Gasteiger charge is 2.30. The highest BCUT2D eigenvalue weighted by atomic mass is 14.3. The van der Waals surface area contributed by atoms with Crippen molar-refractivity contribution in [2.75, 3.05) is 0 Å². The minimum absolute atomic E-state index is 0.777. The first kappa shape index (κ1) is 8.80. The van der Waals surface area contributed by atoms with Crippen LogP contribution in [-0.4, -0.2) is 0 Å². The van der Waals surface area contributed by atoms with Crippen molar-refractivity contribution >= 4 is 0 Å². The monoisotopic (exact) mass is 174 g/mol. The molecule has 2 rings (SSSR count). The molecule has 0 fully saturated rings. The van der Waals surface area contributed by atoms with Crippen LogP contribution in [0.2, 0.25) is 0 Å². The predicted molar refractivity (Wildman–Crippen MR) is 56.9 cm³/mol. The Balaban J connectivity index is 2.40. The Hall–Kier alpha value is -0.780. The van der Waals surface area contributed by atoms with Crippen molar-refractivity contribution in [1.82, 2.24) is 0 Å². The quantitative estimate of drug-likeness (QED) is 0.610. The van der Waals surface area contributed by atoms with Crippen molar-refractivity contribution < 1.29 is 0 Å². The first-order chi connectivity index (χ1) is 6.20. The zero-order chi connectivity index (χ0) is 9.42. The summed E-state index contributed by atoms with van der Waals surface area (Å²) >= 11 is 0. The highest BCUT2D eigenvalue weighted by molar-refractivity contribution is 5.36. The normalized spacial score (nSPS) is 26.5. The lowest BCUT2D eigenvalue weighted by molar-refractivity contribution is 0.393. The summed E-state index contributed by atoms with van der Waals surface area (Å²) in [4.78, 5) is 0. The molecular weight excluding hydrogens is 156 g/mol. The maximum atomic E-state index is 2.38. The highest BCUT2D eigenvalue weighted by Crippen LogP contribution is 2.41. The van der Waals surface area contributed by atoms with Gasteiger partial charge in [0, 0.05) is 0 Å². The predicted octanol–water partition coefficient (Wildman–Crippen LogP) is 3.62. The van der Waals surface area contributed by atoms with Gasteiger partial charge in [0.25, 0.3) is 0 Å². The molecule has 2 atom stereocenters. The molecule has 0 saturated carbocycles. The summed E-state index contributed by atoms with van der Waals surface area (Å²) in [5.74, 6) is 2.40. The average Bonchev–Trinajstić information content (AvgIpc) is 2.39. The fourth-order valence-electron chi connectivity index (χ4n) is 2.84. The van der Waals surface area contributed by atoms with Gasteiger partial charge in [-0.1, -0.05) is 45.0 Å².